The summed E-state index contributed by atoms with van der Waals surface area (Å²) in [6.45, 7) is 8.51. The van der Waals surface area contributed by atoms with Gasteiger partial charge in [0.1, 0.15) is 5.75 Å². The van der Waals surface area contributed by atoms with Gasteiger partial charge < -0.3 is 10.5 Å². The number of aryl methyl sites for hydroxylation is 1. The number of halogens is 1. The quantitative estimate of drug-likeness (QED) is 0.855. The number of pyridine rings is 1. The first-order valence-corrected chi connectivity index (χ1v) is 7.26. The molecule has 0 saturated carbocycles. The number of aromatic nitrogens is 1. The predicted octanol–water partition coefficient (Wildman–Crippen LogP) is 4.82. The van der Waals surface area contributed by atoms with E-state index in [1.807, 2.05) is 13.0 Å². The fraction of sp³-hybridized carbons (Fsp3) is 0.312. The van der Waals surface area contributed by atoms with Crippen LogP contribution in [0.3, 0.4) is 0 Å². The van der Waals surface area contributed by atoms with Crippen LogP contribution in [0.4, 0.5) is 5.69 Å². The van der Waals surface area contributed by atoms with Gasteiger partial charge in [0.05, 0.1) is 5.69 Å². The molecule has 2 N–H and O–H groups in total. The van der Waals surface area contributed by atoms with Crippen LogP contribution in [0.2, 0.25) is 0 Å². The highest BCUT2D eigenvalue weighted by Crippen LogP contribution is 2.36. The molecule has 0 amide bonds. The van der Waals surface area contributed by atoms with E-state index < -0.39 is 0 Å². The van der Waals surface area contributed by atoms with Gasteiger partial charge in [-0.05, 0) is 46.0 Å². The molecule has 0 aliphatic carbocycles. The highest BCUT2D eigenvalue weighted by Gasteiger charge is 2.20. The number of hydrogen-bond acceptors (Lipinski definition) is 3. The standard InChI is InChI=1S/C16H19BrN2O/c1-10-5-6-12(16(2,3)4)14(7-10)20-15-13(18)8-11(17)9-19-15/h5-9H,18H2,1-4H3. The summed E-state index contributed by atoms with van der Waals surface area (Å²) in [7, 11) is 0. The Morgan fingerprint density at radius 1 is 1.20 bits per heavy atom. The zero-order chi connectivity index (χ0) is 14.9. The first-order valence-electron chi connectivity index (χ1n) is 6.47. The van der Waals surface area contributed by atoms with E-state index in [4.69, 9.17) is 10.5 Å². The lowest BCUT2D eigenvalue weighted by Crippen LogP contribution is -2.13. The van der Waals surface area contributed by atoms with E-state index in [-0.39, 0.29) is 5.41 Å². The Labute approximate surface area is 128 Å². The summed E-state index contributed by atoms with van der Waals surface area (Å²) in [6, 6.07) is 7.99. The van der Waals surface area contributed by atoms with Crippen molar-refractivity contribution in [3.05, 3.63) is 46.1 Å². The molecule has 0 aliphatic rings. The number of hydrogen-bond donors (Lipinski definition) is 1. The molecule has 0 fully saturated rings. The zero-order valence-corrected chi connectivity index (χ0v) is 13.8. The van der Waals surface area contributed by atoms with Gasteiger partial charge in [0.2, 0.25) is 5.88 Å². The second-order valence-corrected chi connectivity index (χ2v) is 6.82. The number of anilines is 1. The van der Waals surface area contributed by atoms with Crippen LogP contribution in [-0.2, 0) is 5.41 Å². The van der Waals surface area contributed by atoms with E-state index in [1.54, 1.807) is 12.3 Å². The van der Waals surface area contributed by atoms with Crippen molar-refractivity contribution in [2.45, 2.75) is 33.1 Å². The van der Waals surface area contributed by atoms with Crippen LogP contribution in [-0.4, -0.2) is 4.98 Å². The van der Waals surface area contributed by atoms with Crippen LogP contribution < -0.4 is 10.5 Å². The third kappa shape index (κ3) is 3.31. The van der Waals surface area contributed by atoms with Crippen molar-refractivity contribution in [1.29, 1.82) is 0 Å². The molecule has 1 aromatic carbocycles. The fourth-order valence-corrected chi connectivity index (χ4v) is 2.31. The summed E-state index contributed by atoms with van der Waals surface area (Å²) in [6.07, 6.45) is 1.68. The van der Waals surface area contributed by atoms with Crippen molar-refractivity contribution in [3.8, 4) is 11.6 Å². The average Bonchev–Trinajstić information content (AvgIpc) is 2.31. The monoisotopic (exact) mass is 334 g/mol. The highest BCUT2D eigenvalue weighted by atomic mass is 79.9. The zero-order valence-electron chi connectivity index (χ0n) is 12.2. The molecule has 4 heteroatoms. The van der Waals surface area contributed by atoms with E-state index in [2.05, 4.69) is 53.8 Å². The van der Waals surface area contributed by atoms with E-state index in [9.17, 15) is 0 Å². The first-order chi connectivity index (χ1) is 9.27. The largest absolute Gasteiger partial charge is 0.437 e. The minimum Gasteiger partial charge on any atom is -0.437 e. The van der Waals surface area contributed by atoms with Gasteiger partial charge >= 0.3 is 0 Å². The van der Waals surface area contributed by atoms with Crippen LogP contribution in [0.1, 0.15) is 31.9 Å². The van der Waals surface area contributed by atoms with Gasteiger partial charge in [-0.15, -0.1) is 0 Å². The van der Waals surface area contributed by atoms with Gasteiger partial charge in [-0.1, -0.05) is 32.9 Å². The number of nitrogen functional groups attached to an aromatic ring is 1. The molecule has 1 aromatic heterocycles. The minimum atomic E-state index is -0.00679. The molecular weight excluding hydrogens is 316 g/mol. The van der Waals surface area contributed by atoms with Crippen molar-refractivity contribution >= 4 is 21.6 Å². The van der Waals surface area contributed by atoms with Crippen molar-refractivity contribution in [2.75, 3.05) is 5.73 Å². The van der Waals surface area contributed by atoms with E-state index >= 15 is 0 Å². The average molecular weight is 335 g/mol. The first kappa shape index (κ1) is 14.9. The Kier molecular flexibility index (Phi) is 4.04. The van der Waals surface area contributed by atoms with E-state index in [0.717, 1.165) is 21.3 Å². The van der Waals surface area contributed by atoms with Crippen molar-refractivity contribution < 1.29 is 4.74 Å². The molecule has 2 rings (SSSR count). The van der Waals surface area contributed by atoms with Crippen LogP contribution >= 0.6 is 15.9 Å². The molecule has 106 valence electrons. The van der Waals surface area contributed by atoms with Gasteiger partial charge in [-0.25, -0.2) is 4.98 Å². The number of ether oxygens (including phenoxy) is 1. The van der Waals surface area contributed by atoms with Crippen molar-refractivity contribution in [2.24, 2.45) is 0 Å². The number of nitrogens with two attached hydrogens (primary N) is 1. The Morgan fingerprint density at radius 2 is 1.90 bits per heavy atom. The van der Waals surface area contributed by atoms with Gasteiger partial charge in [0.25, 0.3) is 0 Å². The smallest absolute Gasteiger partial charge is 0.242 e. The van der Waals surface area contributed by atoms with Gasteiger partial charge in [0, 0.05) is 16.2 Å². The van der Waals surface area contributed by atoms with Crippen molar-refractivity contribution in [1.82, 2.24) is 4.98 Å². The topological polar surface area (TPSA) is 48.1 Å². The summed E-state index contributed by atoms with van der Waals surface area (Å²) >= 11 is 3.34. The van der Waals surface area contributed by atoms with Crippen LogP contribution in [0.25, 0.3) is 0 Å². The predicted molar refractivity (Wildman–Crippen MR) is 86.3 cm³/mol. The molecule has 0 aliphatic heterocycles. The normalized spacial score (nSPS) is 11.4. The molecule has 0 spiro atoms. The molecule has 2 aromatic rings. The van der Waals surface area contributed by atoms with Gasteiger partial charge in [-0.3, -0.25) is 0 Å². The SMILES string of the molecule is Cc1ccc(C(C)(C)C)c(Oc2ncc(Br)cc2N)c1. The second kappa shape index (κ2) is 5.44. The number of benzene rings is 1. The minimum absolute atomic E-state index is 0.00679. The lowest BCUT2D eigenvalue weighted by Gasteiger charge is -2.23. The summed E-state index contributed by atoms with van der Waals surface area (Å²) in [4.78, 5) is 4.23. The summed E-state index contributed by atoms with van der Waals surface area (Å²) in [5.41, 5.74) is 8.73. The molecule has 0 saturated heterocycles. The summed E-state index contributed by atoms with van der Waals surface area (Å²) in [5.74, 6) is 1.24. The van der Waals surface area contributed by atoms with E-state index in [1.165, 1.54) is 0 Å². The Balaban J connectivity index is 2.45. The lowest BCUT2D eigenvalue weighted by molar-refractivity contribution is 0.441. The molecule has 3 nitrogen and oxygen atoms in total. The maximum atomic E-state index is 5.95. The fourth-order valence-electron chi connectivity index (χ4n) is 1.97. The van der Waals surface area contributed by atoms with Gasteiger partial charge in [-0.2, -0.15) is 0 Å². The maximum absolute atomic E-state index is 5.95. The lowest BCUT2D eigenvalue weighted by atomic mass is 9.86. The van der Waals surface area contributed by atoms with Crippen LogP contribution in [0.15, 0.2) is 34.9 Å². The molecule has 0 radical (unpaired) electrons. The third-order valence-electron chi connectivity index (χ3n) is 3.00. The summed E-state index contributed by atoms with van der Waals surface area (Å²) in [5, 5.41) is 0. The summed E-state index contributed by atoms with van der Waals surface area (Å²) < 4.78 is 6.78. The Morgan fingerprint density at radius 3 is 2.50 bits per heavy atom. The Hall–Kier alpha value is -1.55. The molecule has 0 atom stereocenters. The maximum Gasteiger partial charge on any atom is 0.242 e. The second-order valence-electron chi connectivity index (χ2n) is 5.90. The van der Waals surface area contributed by atoms with E-state index in [0.29, 0.717) is 11.6 Å². The van der Waals surface area contributed by atoms with Gasteiger partial charge in [0.15, 0.2) is 0 Å². The van der Waals surface area contributed by atoms with Crippen molar-refractivity contribution in [3.63, 3.8) is 0 Å². The van der Waals surface area contributed by atoms with Crippen LogP contribution in [0.5, 0.6) is 11.6 Å². The van der Waals surface area contributed by atoms with Crippen LogP contribution in [0, 0.1) is 6.92 Å². The highest BCUT2D eigenvalue weighted by molar-refractivity contribution is 9.10. The molecule has 20 heavy (non-hydrogen) atoms. The number of rotatable bonds is 2. The molecule has 1 heterocycles. The molecule has 0 bridgehead atoms. The Bertz CT molecular complexity index is 633. The third-order valence-corrected chi connectivity index (χ3v) is 3.43. The molecule has 0 unspecified atom stereocenters. The number of nitrogens with zero attached hydrogens (tertiary/aromatic N) is 1. The molecular formula is C16H19BrN2O.